The molecule has 1 aromatic rings. The van der Waals surface area contributed by atoms with E-state index in [1.807, 2.05) is 5.38 Å². The molecular formula is C7H9N3OS. The fourth-order valence-corrected chi connectivity index (χ4v) is 1.52. The standard InChI is InChI=1S/C7H9N3OS/c11-6(5-1-2-8-5)10-7-9-3-4-12-7/h3-5,8H,1-2H2,(H,9,10,11). The Hall–Kier alpha value is -0.940. The van der Waals surface area contributed by atoms with E-state index in [4.69, 9.17) is 0 Å². The highest BCUT2D eigenvalue weighted by Gasteiger charge is 2.24. The molecule has 1 aliphatic rings. The number of aromatic nitrogens is 1. The Bertz CT molecular complexity index is 268. The fraction of sp³-hybridized carbons (Fsp3) is 0.429. The minimum absolute atomic E-state index is 0.00565. The Labute approximate surface area is 74.0 Å². The number of thiazole rings is 1. The second kappa shape index (κ2) is 3.20. The minimum atomic E-state index is -0.00565. The van der Waals surface area contributed by atoms with Crippen molar-refractivity contribution in [3.05, 3.63) is 11.6 Å². The van der Waals surface area contributed by atoms with Crippen LogP contribution in [0.3, 0.4) is 0 Å². The van der Waals surface area contributed by atoms with Crippen LogP contribution in [0.25, 0.3) is 0 Å². The topological polar surface area (TPSA) is 54.0 Å². The third kappa shape index (κ3) is 1.46. The molecule has 2 rings (SSSR count). The Morgan fingerprint density at radius 1 is 1.83 bits per heavy atom. The van der Waals surface area contributed by atoms with Crippen LogP contribution >= 0.6 is 11.3 Å². The third-order valence-corrected chi connectivity index (χ3v) is 2.49. The van der Waals surface area contributed by atoms with Gasteiger partial charge in [0.2, 0.25) is 5.91 Å². The normalized spacial score (nSPS) is 21.5. The van der Waals surface area contributed by atoms with Crippen molar-refractivity contribution in [2.75, 3.05) is 11.9 Å². The van der Waals surface area contributed by atoms with Crippen LogP contribution in [0.2, 0.25) is 0 Å². The lowest BCUT2D eigenvalue weighted by Crippen LogP contribution is -2.50. The fourth-order valence-electron chi connectivity index (χ4n) is 0.990. The molecule has 1 fully saturated rings. The largest absolute Gasteiger partial charge is 0.306 e. The van der Waals surface area contributed by atoms with E-state index in [9.17, 15) is 4.79 Å². The molecule has 5 heteroatoms. The summed E-state index contributed by atoms with van der Waals surface area (Å²) in [5, 5.41) is 8.26. The first-order valence-corrected chi connectivity index (χ1v) is 4.68. The molecule has 64 valence electrons. The monoisotopic (exact) mass is 183 g/mol. The summed E-state index contributed by atoms with van der Waals surface area (Å²) < 4.78 is 0. The molecule has 0 spiro atoms. The molecule has 0 bridgehead atoms. The Balaban J connectivity index is 1.90. The number of carbonyl (C=O) groups is 1. The number of rotatable bonds is 2. The van der Waals surface area contributed by atoms with Crippen LogP contribution < -0.4 is 10.6 Å². The molecule has 1 aromatic heterocycles. The average Bonchev–Trinajstić information content (AvgIpc) is 2.34. The van der Waals surface area contributed by atoms with Gasteiger partial charge in [-0.15, -0.1) is 11.3 Å². The van der Waals surface area contributed by atoms with Crippen LogP contribution in [0.5, 0.6) is 0 Å². The Morgan fingerprint density at radius 2 is 2.67 bits per heavy atom. The zero-order chi connectivity index (χ0) is 8.39. The van der Waals surface area contributed by atoms with Crippen molar-refractivity contribution in [3.8, 4) is 0 Å². The molecule has 1 atom stereocenters. The number of nitrogens with zero attached hydrogens (tertiary/aromatic N) is 1. The number of nitrogens with one attached hydrogen (secondary N) is 2. The van der Waals surface area contributed by atoms with Gasteiger partial charge in [0.25, 0.3) is 0 Å². The predicted octanol–water partition coefficient (Wildman–Crippen LogP) is 0.444. The van der Waals surface area contributed by atoms with Crippen LogP contribution in [0.15, 0.2) is 11.6 Å². The molecular weight excluding hydrogens is 174 g/mol. The van der Waals surface area contributed by atoms with E-state index in [0.717, 1.165) is 13.0 Å². The van der Waals surface area contributed by atoms with Crippen molar-refractivity contribution in [2.45, 2.75) is 12.5 Å². The third-order valence-electron chi connectivity index (χ3n) is 1.80. The summed E-state index contributed by atoms with van der Waals surface area (Å²) in [5.74, 6) is 0.0243. The molecule has 0 aliphatic carbocycles. The first-order chi connectivity index (χ1) is 5.86. The molecule has 1 unspecified atom stereocenters. The van der Waals surface area contributed by atoms with Crippen LogP contribution in [0.4, 0.5) is 5.13 Å². The van der Waals surface area contributed by atoms with E-state index in [1.54, 1.807) is 6.20 Å². The van der Waals surface area contributed by atoms with Crippen LogP contribution in [0.1, 0.15) is 6.42 Å². The van der Waals surface area contributed by atoms with Crippen molar-refractivity contribution in [3.63, 3.8) is 0 Å². The van der Waals surface area contributed by atoms with E-state index < -0.39 is 0 Å². The summed E-state index contributed by atoms with van der Waals surface area (Å²) in [4.78, 5) is 15.2. The Morgan fingerprint density at radius 3 is 3.17 bits per heavy atom. The van der Waals surface area contributed by atoms with Crippen molar-refractivity contribution >= 4 is 22.4 Å². The Kier molecular flexibility index (Phi) is 2.05. The highest BCUT2D eigenvalue weighted by atomic mass is 32.1. The second-order valence-corrected chi connectivity index (χ2v) is 3.52. The van der Waals surface area contributed by atoms with Crippen molar-refractivity contribution < 1.29 is 4.79 Å². The van der Waals surface area contributed by atoms with Gasteiger partial charge in [0.15, 0.2) is 5.13 Å². The maximum Gasteiger partial charge on any atom is 0.243 e. The summed E-state index contributed by atoms with van der Waals surface area (Å²) in [5.41, 5.74) is 0. The SMILES string of the molecule is O=C(Nc1nccs1)C1CCN1. The summed E-state index contributed by atoms with van der Waals surface area (Å²) in [6, 6.07) is -0.00565. The lowest BCUT2D eigenvalue weighted by molar-refractivity contribution is -0.119. The maximum atomic E-state index is 11.3. The van der Waals surface area contributed by atoms with Crippen molar-refractivity contribution in [1.29, 1.82) is 0 Å². The van der Waals surface area contributed by atoms with Gasteiger partial charge in [-0.1, -0.05) is 0 Å². The molecule has 1 aliphatic heterocycles. The van der Waals surface area contributed by atoms with Gasteiger partial charge >= 0.3 is 0 Å². The van der Waals surface area contributed by atoms with Crippen LogP contribution in [-0.2, 0) is 4.79 Å². The highest BCUT2D eigenvalue weighted by Crippen LogP contribution is 2.12. The van der Waals surface area contributed by atoms with Gasteiger partial charge in [-0.25, -0.2) is 4.98 Å². The van der Waals surface area contributed by atoms with Gasteiger partial charge in [0.1, 0.15) is 0 Å². The number of amides is 1. The maximum absolute atomic E-state index is 11.3. The summed E-state index contributed by atoms with van der Waals surface area (Å²) in [7, 11) is 0. The van der Waals surface area contributed by atoms with Gasteiger partial charge in [0, 0.05) is 11.6 Å². The van der Waals surface area contributed by atoms with E-state index in [1.165, 1.54) is 11.3 Å². The smallest absolute Gasteiger partial charge is 0.243 e. The molecule has 1 amide bonds. The number of carbonyl (C=O) groups excluding carboxylic acids is 1. The van der Waals surface area contributed by atoms with Gasteiger partial charge in [-0.05, 0) is 13.0 Å². The number of hydrogen-bond donors (Lipinski definition) is 2. The molecule has 1 saturated heterocycles. The van der Waals surface area contributed by atoms with Crippen LogP contribution in [-0.4, -0.2) is 23.5 Å². The quantitative estimate of drug-likeness (QED) is 0.699. The molecule has 0 radical (unpaired) electrons. The second-order valence-electron chi connectivity index (χ2n) is 2.62. The zero-order valence-electron chi connectivity index (χ0n) is 6.41. The summed E-state index contributed by atoms with van der Waals surface area (Å²) in [6.45, 7) is 0.940. The highest BCUT2D eigenvalue weighted by molar-refractivity contribution is 7.13. The molecule has 12 heavy (non-hydrogen) atoms. The number of anilines is 1. The average molecular weight is 183 g/mol. The molecule has 4 nitrogen and oxygen atoms in total. The van der Waals surface area contributed by atoms with Gasteiger partial charge in [-0.2, -0.15) is 0 Å². The van der Waals surface area contributed by atoms with E-state index in [-0.39, 0.29) is 11.9 Å². The number of hydrogen-bond acceptors (Lipinski definition) is 4. The van der Waals surface area contributed by atoms with Gasteiger partial charge < -0.3 is 10.6 Å². The van der Waals surface area contributed by atoms with Gasteiger partial charge in [0.05, 0.1) is 6.04 Å². The zero-order valence-corrected chi connectivity index (χ0v) is 7.23. The minimum Gasteiger partial charge on any atom is -0.306 e. The van der Waals surface area contributed by atoms with E-state index >= 15 is 0 Å². The molecule has 0 aromatic carbocycles. The molecule has 2 N–H and O–H groups in total. The van der Waals surface area contributed by atoms with E-state index in [2.05, 4.69) is 15.6 Å². The van der Waals surface area contributed by atoms with Crippen molar-refractivity contribution in [1.82, 2.24) is 10.3 Å². The lowest BCUT2D eigenvalue weighted by Gasteiger charge is -2.25. The van der Waals surface area contributed by atoms with Gasteiger partial charge in [-0.3, -0.25) is 4.79 Å². The van der Waals surface area contributed by atoms with E-state index in [0.29, 0.717) is 5.13 Å². The van der Waals surface area contributed by atoms with Crippen molar-refractivity contribution in [2.24, 2.45) is 0 Å². The molecule has 2 heterocycles. The van der Waals surface area contributed by atoms with Crippen LogP contribution in [0, 0.1) is 0 Å². The summed E-state index contributed by atoms with van der Waals surface area (Å²) in [6.07, 6.45) is 2.60. The first-order valence-electron chi connectivity index (χ1n) is 3.80. The first kappa shape index (κ1) is 7.70. The molecule has 0 saturated carbocycles. The lowest BCUT2D eigenvalue weighted by atomic mass is 10.1. The predicted molar refractivity (Wildman–Crippen MR) is 47.2 cm³/mol. The summed E-state index contributed by atoms with van der Waals surface area (Å²) >= 11 is 1.43.